The van der Waals surface area contributed by atoms with Crippen LogP contribution in [0.1, 0.15) is 80.6 Å². The normalized spacial score (nSPS) is 15.2. The highest BCUT2D eigenvalue weighted by molar-refractivity contribution is 6.04. The van der Waals surface area contributed by atoms with Gasteiger partial charge in [0.15, 0.2) is 5.78 Å². The number of methoxy groups -OCH3 is 1. The van der Waals surface area contributed by atoms with E-state index in [0.717, 1.165) is 16.7 Å². The highest BCUT2D eigenvalue weighted by Gasteiger charge is 2.38. The van der Waals surface area contributed by atoms with Crippen molar-refractivity contribution < 1.29 is 34.7 Å². The molecular weight excluding hydrogens is 484 g/mol. The fourth-order valence-electron chi connectivity index (χ4n) is 4.63. The number of carbonyl (C=O) groups excluding carboxylic acids is 1. The van der Waals surface area contributed by atoms with E-state index in [2.05, 4.69) is 12.7 Å². The van der Waals surface area contributed by atoms with Crippen molar-refractivity contribution in [1.29, 1.82) is 0 Å². The van der Waals surface area contributed by atoms with Gasteiger partial charge in [-0.25, -0.2) is 0 Å². The van der Waals surface area contributed by atoms with Crippen LogP contribution in [0.5, 0.6) is 34.5 Å². The molecule has 2 aromatic rings. The monoisotopic (exact) mass is 522 g/mol. The molecule has 3 rings (SSSR count). The van der Waals surface area contributed by atoms with Crippen molar-refractivity contribution in [3.05, 3.63) is 69.8 Å². The number of aromatic hydroxyl groups is 4. The SMILES string of the molecule is C=C(C)[C@H](CC=C(C)C)Cc1c(O)c(CC=C(C)C)c(O)c2c1O[C@@H](c1c(O)cc(OC)cc1O)CC2=O. The number of phenols is 4. The van der Waals surface area contributed by atoms with Crippen molar-refractivity contribution in [3.63, 3.8) is 0 Å². The van der Waals surface area contributed by atoms with Crippen LogP contribution in [0.2, 0.25) is 0 Å². The third kappa shape index (κ3) is 5.98. The van der Waals surface area contributed by atoms with Crippen LogP contribution < -0.4 is 9.47 Å². The Morgan fingerprint density at radius 1 is 1.03 bits per heavy atom. The number of hydrogen-bond acceptors (Lipinski definition) is 7. The molecular formula is C31H38O7. The standard InChI is InChI=1S/C31H38O7/c1-16(2)8-10-19(18(5)6)12-22-29(35)21(11-9-17(3)4)30(36)28-25(34)15-26(38-31(22)28)27-23(32)13-20(37-7)14-24(27)33/h8-9,13-14,19,26,32-33,35-36H,5,10-12,15H2,1-4,6-7H3/t19-,26-/m1/s1. The highest BCUT2D eigenvalue weighted by atomic mass is 16.5. The van der Waals surface area contributed by atoms with Crippen LogP contribution in [0, 0.1) is 5.92 Å². The van der Waals surface area contributed by atoms with Gasteiger partial charge in [0.1, 0.15) is 46.2 Å². The van der Waals surface area contributed by atoms with Crippen molar-refractivity contribution >= 4 is 5.78 Å². The molecule has 7 nitrogen and oxygen atoms in total. The molecule has 0 aromatic heterocycles. The largest absolute Gasteiger partial charge is 0.507 e. The van der Waals surface area contributed by atoms with Crippen LogP contribution in [0.3, 0.4) is 0 Å². The smallest absolute Gasteiger partial charge is 0.174 e. The topological polar surface area (TPSA) is 116 Å². The van der Waals surface area contributed by atoms with Crippen LogP contribution in [-0.2, 0) is 12.8 Å². The van der Waals surface area contributed by atoms with Crippen molar-refractivity contribution in [2.45, 2.75) is 66.4 Å². The fourth-order valence-corrected chi connectivity index (χ4v) is 4.63. The minimum atomic E-state index is -1.04. The first-order valence-electron chi connectivity index (χ1n) is 12.7. The maximum absolute atomic E-state index is 13.5. The molecule has 0 fully saturated rings. The summed E-state index contributed by atoms with van der Waals surface area (Å²) in [6.07, 6.45) is 3.93. The van der Waals surface area contributed by atoms with E-state index in [9.17, 15) is 25.2 Å². The van der Waals surface area contributed by atoms with E-state index in [-0.39, 0.29) is 69.9 Å². The molecule has 1 aliphatic rings. The maximum Gasteiger partial charge on any atom is 0.174 e. The van der Waals surface area contributed by atoms with Gasteiger partial charge in [0.05, 0.1) is 19.1 Å². The van der Waals surface area contributed by atoms with Gasteiger partial charge in [-0.1, -0.05) is 35.5 Å². The van der Waals surface area contributed by atoms with Gasteiger partial charge in [0.2, 0.25) is 0 Å². The zero-order valence-corrected chi connectivity index (χ0v) is 23.0. The van der Waals surface area contributed by atoms with Gasteiger partial charge < -0.3 is 29.9 Å². The van der Waals surface area contributed by atoms with Crippen molar-refractivity contribution in [2.24, 2.45) is 5.92 Å². The Labute approximate surface area is 224 Å². The van der Waals surface area contributed by atoms with E-state index in [1.54, 1.807) is 0 Å². The lowest BCUT2D eigenvalue weighted by Gasteiger charge is -2.31. The summed E-state index contributed by atoms with van der Waals surface area (Å²) in [7, 11) is 1.41. The molecule has 0 spiro atoms. The number of benzene rings is 2. The molecule has 0 unspecified atom stereocenters. The summed E-state index contributed by atoms with van der Waals surface area (Å²) in [6, 6.07) is 2.65. The first-order valence-corrected chi connectivity index (χ1v) is 12.7. The average molecular weight is 523 g/mol. The number of Topliss-reactive ketones (excluding diaryl/α,β-unsaturated/α-hetero) is 1. The van der Waals surface area contributed by atoms with Crippen LogP contribution in [0.4, 0.5) is 0 Å². The van der Waals surface area contributed by atoms with E-state index in [1.165, 1.54) is 19.2 Å². The number of rotatable bonds is 9. The first kappa shape index (κ1) is 28.7. The molecule has 38 heavy (non-hydrogen) atoms. The number of hydrogen-bond donors (Lipinski definition) is 4. The Hall–Kier alpha value is -3.87. The lowest BCUT2D eigenvalue weighted by atomic mass is 9.84. The second kappa shape index (κ2) is 11.7. The van der Waals surface area contributed by atoms with Crippen molar-refractivity contribution in [1.82, 2.24) is 0 Å². The third-order valence-electron chi connectivity index (χ3n) is 6.85. The molecule has 1 aliphatic heterocycles. The summed E-state index contributed by atoms with van der Waals surface area (Å²) in [5, 5.41) is 43.8. The Kier molecular flexibility index (Phi) is 8.82. The molecule has 204 valence electrons. The van der Waals surface area contributed by atoms with Crippen LogP contribution in [-0.4, -0.2) is 33.3 Å². The number of carbonyl (C=O) groups is 1. The zero-order valence-electron chi connectivity index (χ0n) is 23.0. The third-order valence-corrected chi connectivity index (χ3v) is 6.85. The molecule has 7 heteroatoms. The first-order chi connectivity index (χ1) is 17.8. The van der Waals surface area contributed by atoms with Gasteiger partial charge in [-0.15, -0.1) is 0 Å². The Bertz CT molecular complexity index is 1290. The fraction of sp³-hybridized carbons (Fsp3) is 0.387. The van der Waals surface area contributed by atoms with Crippen LogP contribution in [0.15, 0.2) is 47.6 Å². The minimum absolute atomic E-state index is 0.00127. The van der Waals surface area contributed by atoms with Crippen LogP contribution >= 0.6 is 0 Å². The Balaban J connectivity index is 2.22. The molecule has 4 N–H and O–H groups in total. The predicted octanol–water partition coefficient (Wildman–Crippen LogP) is 6.82. The molecule has 2 aromatic carbocycles. The molecule has 1 heterocycles. The summed E-state index contributed by atoms with van der Waals surface area (Å²) in [5.74, 6) is -1.22. The van der Waals surface area contributed by atoms with E-state index in [0.29, 0.717) is 18.4 Å². The number of ketones is 1. The molecule has 0 bridgehead atoms. The predicted molar refractivity (Wildman–Crippen MR) is 148 cm³/mol. The Morgan fingerprint density at radius 2 is 1.63 bits per heavy atom. The molecule has 0 saturated heterocycles. The van der Waals surface area contributed by atoms with Gasteiger partial charge in [0.25, 0.3) is 0 Å². The van der Waals surface area contributed by atoms with Gasteiger partial charge in [-0.05, 0) is 59.8 Å². The molecule has 0 amide bonds. The molecule has 2 atom stereocenters. The van der Waals surface area contributed by atoms with Gasteiger partial charge in [-0.2, -0.15) is 0 Å². The second-order valence-electron chi connectivity index (χ2n) is 10.4. The number of ether oxygens (including phenoxy) is 2. The molecule has 0 aliphatic carbocycles. The summed E-state index contributed by atoms with van der Waals surface area (Å²) in [6.45, 7) is 13.9. The van der Waals surface area contributed by atoms with Gasteiger partial charge in [0, 0.05) is 23.3 Å². The lowest BCUT2D eigenvalue weighted by molar-refractivity contribution is 0.0835. The van der Waals surface area contributed by atoms with Crippen molar-refractivity contribution in [3.8, 4) is 34.5 Å². The number of phenolic OH excluding ortho intramolecular Hbond substituents is 4. The summed E-state index contributed by atoms with van der Waals surface area (Å²) >= 11 is 0. The van der Waals surface area contributed by atoms with Gasteiger partial charge in [-0.3, -0.25) is 4.79 Å². The van der Waals surface area contributed by atoms with Crippen molar-refractivity contribution in [2.75, 3.05) is 7.11 Å². The van der Waals surface area contributed by atoms with E-state index >= 15 is 0 Å². The minimum Gasteiger partial charge on any atom is -0.507 e. The van der Waals surface area contributed by atoms with Gasteiger partial charge >= 0.3 is 0 Å². The van der Waals surface area contributed by atoms with E-state index in [1.807, 2.05) is 40.7 Å². The summed E-state index contributed by atoms with van der Waals surface area (Å²) in [4.78, 5) is 13.5. The number of allylic oxidation sites excluding steroid dienone is 5. The molecule has 0 radical (unpaired) electrons. The maximum atomic E-state index is 13.5. The zero-order chi connectivity index (χ0) is 28.3. The van der Waals surface area contributed by atoms with E-state index < -0.39 is 11.9 Å². The highest BCUT2D eigenvalue weighted by Crippen LogP contribution is 2.51. The lowest BCUT2D eigenvalue weighted by Crippen LogP contribution is -2.23. The average Bonchev–Trinajstić information content (AvgIpc) is 2.81. The summed E-state index contributed by atoms with van der Waals surface area (Å²) in [5.41, 5.74) is 3.72. The molecule has 0 saturated carbocycles. The second-order valence-corrected chi connectivity index (χ2v) is 10.4. The quantitative estimate of drug-likeness (QED) is 0.267. The Morgan fingerprint density at radius 3 is 2.16 bits per heavy atom. The summed E-state index contributed by atoms with van der Waals surface area (Å²) < 4.78 is 11.3. The number of fused-ring (bicyclic) bond motifs is 1. The van der Waals surface area contributed by atoms with Crippen LogP contribution in [0.25, 0.3) is 0 Å². The van der Waals surface area contributed by atoms with E-state index in [4.69, 9.17) is 9.47 Å².